The number of ether oxygens (including phenoxy) is 1. The van der Waals surface area contributed by atoms with E-state index in [1.807, 2.05) is 55.8 Å². The van der Waals surface area contributed by atoms with Crippen LogP contribution in [0.5, 0.6) is 5.75 Å². The molecule has 0 radical (unpaired) electrons. The van der Waals surface area contributed by atoms with Crippen LogP contribution in [0.4, 0.5) is 5.69 Å². The molecular formula is C17H24N4O2. The number of para-hydroxylation sites is 2. The van der Waals surface area contributed by atoms with Gasteiger partial charge >= 0.3 is 0 Å². The highest BCUT2D eigenvalue weighted by atomic mass is 16.5. The summed E-state index contributed by atoms with van der Waals surface area (Å²) in [5, 5.41) is 10.5. The molecule has 23 heavy (non-hydrogen) atoms. The monoisotopic (exact) mass is 316 g/mol. The van der Waals surface area contributed by atoms with Crippen molar-refractivity contribution in [3.8, 4) is 5.75 Å². The van der Waals surface area contributed by atoms with Crippen molar-refractivity contribution in [2.45, 2.75) is 33.4 Å². The first-order chi connectivity index (χ1) is 11.0. The molecule has 0 unspecified atom stereocenters. The summed E-state index contributed by atoms with van der Waals surface area (Å²) in [6.45, 7) is 6.79. The van der Waals surface area contributed by atoms with Gasteiger partial charge in [-0.15, -0.1) is 0 Å². The molecule has 0 spiro atoms. The summed E-state index contributed by atoms with van der Waals surface area (Å²) < 4.78 is 7.16. The van der Waals surface area contributed by atoms with Crippen molar-refractivity contribution in [3.63, 3.8) is 0 Å². The lowest BCUT2D eigenvalue weighted by Crippen LogP contribution is -2.39. The molecular weight excluding hydrogens is 292 g/mol. The number of aromatic nitrogens is 2. The number of hydrogen-bond acceptors (Lipinski definition) is 4. The Bertz CT molecular complexity index is 666. The maximum absolute atomic E-state index is 12.1. The fourth-order valence-corrected chi connectivity index (χ4v) is 2.46. The number of rotatable bonds is 7. The number of aryl methyl sites for hydroxylation is 2. The Hall–Kier alpha value is -2.50. The normalized spacial score (nSPS) is 11.8. The molecule has 2 aromatic rings. The van der Waals surface area contributed by atoms with Gasteiger partial charge in [0.15, 0.2) is 0 Å². The standard InChI is InChI=1S/C17H24N4O2/c1-12-9-14(3)21(20-12)11-13(2)19-17(22)10-18-15-7-5-6-8-16(15)23-4/h5-9,13,18H,10-11H2,1-4H3,(H,19,22)/t13-/m0/s1. The Kier molecular flexibility index (Phi) is 5.62. The maximum atomic E-state index is 12.1. The van der Waals surface area contributed by atoms with Crippen molar-refractivity contribution >= 4 is 11.6 Å². The van der Waals surface area contributed by atoms with E-state index in [1.165, 1.54) is 0 Å². The molecule has 2 rings (SSSR count). The van der Waals surface area contributed by atoms with Gasteiger partial charge in [-0.3, -0.25) is 9.48 Å². The molecule has 0 saturated carbocycles. The molecule has 2 N–H and O–H groups in total. The van der Waals surface area contributed by atoms with Gasteiger partial charge in [0.25, 0.3) is 0 Å². The fourth-order valence-electron chi connectivity index (χ4n) is 2.46. The Balaban J connectivity index is 1.83. The maximum Gasteiger partial charge on any atom is 0.239 e. The minimum absolute atomic E-state index is 0.0000288. The van der Waals surface area contributed by atoms with Crippen LogP contribution in [-0.2, 0) is 11.3 Å². The van der Waals surface area contributed by atoms with E-state index in [9.17, 15) is 4.79 Å². The number of carbonyl (C=O) groups is 1. The third-order valence-corrected chi connectivity index (χ3v) is 3.50. The molecule has 0 saturated heterocycles. The molecule has 6 heteroatoms. The average Bonchev–Trinajstić information content (AvgIpc) is 2.82. The molecule has 0 aliphatic rings. The van der Waals surface area contributed by atoms with Gasteiger partial charge in [-0.1, -0.05) is 12.1 Å². The van der Waals surface area contributed by atoms with Crippen LogP contribution >= 0.6 is 0 Å². The van der Waals surface area contributed by atoms with E-state index >= 15 is 0 Å². The van der Waals surface area contributed by atoms with E-state index in [-0.39, 0.29) is 18.5 Å². The lowest BCUT2D eigenvalue weighted by molar-refractivity contribution is -0.120. The second kappa shape index (κ2) is 7.67. The fraction of sp³-hybridized carbons (Fsp3) is 0.412. The van der Waals surface area contributed by atoms with Gasteiger partial charge in [-0.05, 0) is 39.0 Å². The Labute approximate surface area is 136 Å². The highest BCUT2D eigenvalue weighted by Crippen LogP contribution is 2.22. The summed E-state index contributed by atoms with van der Waals surface area (Å²) in [5.74, 6) is 0.654. The van der Waals surface area contributed by atoms with Gasteiger partial charge in [0.2, 0.25) is 5.91 Å². The van der Waals surface area contributed by atoms with Crippen molar-refractivity contribution in [1.29, 1.82) is 0 Å². The minimum Gasteiger partial charge on any atom is -0.495 e. The number of hydrogen-bond donors (Lipinski definition) is 2. The molecule has 1 aromatic heterocycles. The Morgan fingerprint density at radius 1 is 1.35 bits per heavy atom. The number of methoxy groups -OCH3 is 1. The predicted molar refractivity (Wildman–Crippen MR) is 90.8 cm³/mol. The van der Waals surface area contributed by atoms with Crippen LogP contribution < -0.4 is 15.4 Å². The highest BCUT2D eigenvalue weighted by Gasteiger charge is 2.11. The zero-order valence-electron chi connectivity index (χ0n) is 14.1. The van der Waals surface area contributed by atoms with E-state index in [2.05, 4.69) is 15.7 Å². The Morgan fingerprint density at radius 2 is 2.09 bits per heavy atom. The van der Waals surface area contributed by atoms with Crippen molar-refractivity contribution in [1.82, 2.24) is 15.1 Å². The third kappa shape index (κ3) is 4.74. The smallest absolute Gasteiger partial charge is 0.239 e. The lowest BCUT2D eigenvalue weighted by Gasteiger charge is -2.16. The van der Waals surface area contributed by atoms with Crippen molar-refractivity contribution in [2.24, 2.45) is 0 Å². The third-order valence-electron chi connectivity index (χ3n) is 3.50. The molecule has 1 atom stereocenters. The highest BCUT2D eigenvalue weighted by molar-refractivity contribution is 5.81. The van der Waals surface area contributed by atoms with Crippen LogP contribution in [0.15, 0.2) is 30.3 Å². The molecule has 6 nitrogen and oxygen atoms in total. The van der Waals surface area contributed by atoms with Gasteiger partial charge in [0.05, 0.1) is 31.6 Å². The molecule has 1 amide bonds. The van der Waals surface area contributed by atoms with Gasteiger partial charge in [-0.2, -0.15) is 5.10 Å². The average molecular weight is 316 g/mol. The van der Waals surface area contributed by atoms with Crippen LogP contribution in [0, 0.1) is 13.8 Å². The number of amides is 1. The van der Waals surface area contributed by atoms with E-state index in [4.69, 9.17) is 4.74 Å². The largest absolute Gasteiger partial charge is 0.495 e. The number of nitrogens with zero attached hydrogens (tertiary/aromatic N) is 2. The minimum atomic E-state index is -0.0649. The molecule has 0 aliphatic heterocycles. The molecule has 1 heterocycles. The van der Waals surface area contributed by atoms with Crippen LogP contribution in [0.25, 0.3) is 0 Å². The zero-order valence-corrected chi connectivity index (χ0v) is 14.1. The van der Waals surface area contributed by atoms with Gasteiger partial charge < -0.3 is 15.4 Å². The summed E-state index contributed by atoms with van der Waals surface area (Å²) >= 11 is 0. The SMILES string of the molecule is COc1ccccc1NCC(=O)N[C@@H](C)Cn1nc(C)cc1C. The summed E-state index contributed by atoms with van der Waals surface area (Å²) in [6.07, 6.45) is 0. The summed E-state index contributed by atoms with van der Waals surface area (Å²) in [4.78, 5) is 12.1. The quantitative estimate of drug-likeness (QED) is 0.821. The van der Waals surface area contributed by atoms with E-state index < -0.39 is 0 Å². The van der Waals surface area contributed by atoms with Gasteiger partial charge in [-0.25, -0.2) is 0 Å². The molecule has 0 fully saturated rings. The zero-order chi connectivity index (χ0) is 16.8. The van der Waals surface area contributed by atoms with Crippen molar-refractivity contribution in [3.05, 3.63) is 41.7 Å². The van der Waals surface area contributed by atoms with Crippen molar-refractivity contribution < 1.29 is 9.53 Å². The second-order valence-electron chi connectivity index (χ2n) is 5.63. The van der Waals surface area contributed by atoms with E-state index in [0.29, 0.717) is 6.54 Å². The Morgan fingerprint density at radius 3 is 2.74 bits per heavy atom. The van der Waals surface area contributed by atoms with E-state index in [0.717, 1.165) is 22.8 Å². The van der Waals surface area contributed by atoms with Gasteiger partial charge in [0.1, 0.15) is 5.75 Å². The first-order valence-electron chi connectivity index (χ1n) is 7.67. The van der Waals surface area contributed by atoms with Crippen LogP contribution in [0.3, 0.4) is 0 Å². The summed E-state index contributed by atoms with van der Waals surface area (Å²) in [5.41, 5.74) is 2.88. The number of carbonyl (C=O) groups excluding carboxylic acids is 1. The van der Waals surface area contributed by atoms with E-state index in [1.54, 1.807) is 7.11 Å². The lowest BCUT2D eigenvalue weighted by atomic mass is 10.3. The van der Waals surface area contributed by atoms with Crippen LogP contribution in [0.1, 0.15) is 18.3 Å². The first kappa shape index (κ1) is 16.9. The molecule has 0 bridgehead atoms. The first-order valence-corrected chi connectivity index (χ1v) is 7.67. The van der Waals surface area contributed by atoms with Crippen molar-refractivity contribution in [2.75, 3.05) is 19.0 Å². The number of anilines is 1. The molecule has 124 valence electrons. The topological polar surface area (TPSA) is 68.2 Å². The second-order valence-corrected chi connectivity index (χ2v) is 5.63. The van der Waals surface area contributed by atoms with Crippen LogP contribution in [-0.4, -0.2) is 35.4 Å². The number of nitrogens with one attached hydrogen (secondary N) is 2. The predicted octanol–water partition coefficient (Wildman–Crippen LogP) is 2.13. The van der Waals surface area contributed by atoms with Crippen LogP contribution in [0.2, 0.25) is 0 Å². The summed E-state index contributed by atoms with van der Waals surface area (Å²) in [6, 6.07) is 9.55. The van der Waals surface area contributed by atoms with Gasteiger partial charge in [0, 0.05) is 11.7 Å². The number of benzene rings is 1. The molecule has 0 aliphatic carbocycles. The molecule has 1 aromatic carbocycles. The summed E-state index contributed by atoms with van der Waals surface area (Å²) in [7, 11) is 1.61.